The van der Waals surface area contributed by atoms with E-state index in [1.165, 1.54) is 12.4 Å². The van der Waals surface area contributed by atoms with E-state index in [2.05, 4.69) is 22.1 Å². The molecule has 0 bridgehead atoms. The molecule has 2 heterocycles. The summed E-state index contributed by atoms with van der Waals surface area (Å²) in [4.78, 5) is 15.9. The first-order valence-corrected chi connectivity index (χ1v) is 5.64. The van der Waals surface area contributed by atoms with Crippen molar-refractivity contribution in [3.63, 3.8) is 0 Å². The smallest absolute Gasteiger partial charge is 0.252 e. The highest BCUT2D eigenvalue weighted by atomic mass is 16.3. The van der Waals surface area contributed by atoms with E-state index < -0.39 is 0 Å². The lowest BCUT2D eigenvalue weighted by Gasteiger charge is -2.05. The summed E-state index contributed by atoms with van der Waals surface area (Å²) in [5.74, 6) is 4.95. The number of hydrogen-bond donors (Lipinski definition) is 2. The largest absolute Gasteiger partial charge is 0.472 e. The molecule has 0 aliphatic carbocycles. The fourth-order valence-electron chi connectivity index (χ4n) is 1.50. The van der Waals surface area contributed by atoms with Crippen LogP contribution >= 0.6 is 0 Å². The first kappa shape index (κ1) is 12.9. The maximum absolute atomic E-state index is 12.0. The Morgan fingerprint density at radius 3 is 3.11 bits per heavy atom. The van der Waals surface area contributed by atoms with Crippen molar-refractivity contribution in [3.05, 3.63) is 53.7 Å². The van der Waals surface area contributed by atoms with Crippen molar-refractivity contribution >= 4 is 5.91 Å². The number of nitrogens with one attached hydrogen (secondary N) is 1. The second-order valence-electron chi connectivity index (χ2n) is 3.70. The quantitative estimate of drug-likeness (QED) is 0.802. The first-order chi connectivity index (χ1) is 9.31. The predicted molar refractivity (Wildman–Crippen MR) is 68.1 cm³/mol. The molecule has 96 valence electrons. The molecule has 0 radical (unpaired) electrons. The van der Waals surface area contributed by atoms with Crippen molar-refractivity contribution in [3.8, 4) is 11.8 Å². The first-order valence-electron chi connectivity index (χ1n) is 5.64. The van der Waals surface area contributed by atoms with Crippen LogP contribution in [0.1, 0.15) is 21.5 Å². The molecule has 0 unspecified atom stereocenters. The number of nitrogens with zero attached hydrogens (tertiary/aromatic N) is 1. The van der Waals surface area contributed by atoms with Crippen LogP contribution in [-0.4, -0.2) is 22.6 Å². The molecule has 0 spiro atoms. The Labute approximate surface area is 110 Å². The molecule has 5 heteroatoms. The third kappa shape index (κ3) is 3.44. The molecule has 0 saturated heterocycles. The Hall–Kier alpha value is -2.58. The molecular formula is C14H12N2O3. The van der Waals surface area contributed by atoms with Crippen molar-refractivity contribution in [2.24, 2.45) is 0 Å². The zero-order valence-electron chi connectivity index (χ0n) is 10.1. The summed E-state index contributed by atoms with van der Waals surface area (Å²) >= 11 is 0. The topological polar surface area (TPSA) is 75.4 Å². The minimum atomic E-state index is -0.259. The van der Waals surface area contributed by atoms with Crippen LogP contribution in [0.15, 0.2) is 41.5 Å². The molecule has 0 aliphatic rings. The van der Waals surface area contributed by atoms with Gasteiger partial charge in [-0.15, -0.1) is 0 Å². The summed E-state index contributed by atoms with van der Waals surface area (Å²) in [7, 11) is 0. The summed E-state index contributed by atoms with van der Waals surface area (Å²) in [6.45, 7) is 0.121. The Morgan fingerprint density at radius 1 is 1.47 bits per heavy atom. The summed E-state index contributed by atoms with van der Waals surface area (Å²) in [6.07, 6.45) is 6.14. The zero-order valence-corrected chi connectivity index (χ0v) is 10.1. The molecule has 0 fully saturated rings. The predicted octanol–water partition coefficient (Wildman–Crippen LogP) is 0.948. The van der Waals surface area contributed by atoms with Crippen LogP contribution in [0.5, 0.6) is 0 Å². The Bertz CT molecular complexity index is 609. The van der Waals surface area contributed by atoms with Gasteiger partial charge >= 0.3 is 0 Å². The van der Waals surface area contributed by atoms with Gasteiger partial charge in [0.2, 0.25) is 0 Å². The fourth-order valence-corrected chi connectivity index (χ4v) is 1.50. The monoisotopic (exact) mass is 256 g/mol. The standard InChI is InChI=1S/C14H12N2O3/c17-6-1-2-12-9-15-5-3-13(12)14(18)16-8-11-4-7-19-10-11/h3-5,7,9-10,17H,6,8H2,(H,16,18). The van der Waals surface area contributed by atoms with Crippen LogP contribution in [-0.2, 0) is 6.54 Å². The maximum atomic E-state index is 12.0. The van der Waals surface area contributed by atoms with Crippen molar-refractivity contribution in [1.82, 2.24) is 10.3 Å². The number of aliphatic hydroxyl groups is 1. The van der Waals surface area contributed by atoms with Crippen molar-refractivity contribution in [2.75, 3.05) is 6.61 Å². The average Bonchev–Trinajstić information content (AvgIpc) is 2.96. The van der Waals surface area contributed by atoms with Crippen LogP contribution in [0, 0.1) is 11.8 Å². The molecule has 2 N–H and O–H groups in total. The average molecular weight is 256 g/mol. The highest BCUT2D eigenvalue weighted by Crippen LogP contribution is 2.06. The summed E-state index contributed by atoms with van der Waals surface area (Å²) < 4.78 is 4.92. The SMILES string of the molecule is O=C(NCc1ccoc1)c1ccncc1C#CCO. The highest BCUT2D eigenvalue weighted by Gasteiger charge is 2.09. The van der Waals surface area contributed by atoms with Crippen molar-refractivity contribution in [1.29, 1.82) is 0 Å². The number of amides is 1. The molecule has 5 nitrogen and oxygen atoms in total. The van der Waals surface area contributed by atoms with Gasteiger partial charge in [0.15, 0.2) is 0 Å². The highest BCUT2D eigenvalue weighted by molar-refractivity contribution is 5.96. The maximum Gasteiger partial charge on any atom is 0.252 e. The lowest BCUT2D eigenvalue weighted by atomic mass is 10.1. The number of pyridine rings is 1. The molecule has 0 saturated carbocycles. The van der Waals surface area contributed by atoms with Crippen LogP contribution in [0.2, 0.25) is 0 Å². The van der Waals surface area contributed by atoms with E-state index >= 15 is 0 Å². The molecule has 0 aliphatic heterocycles. The number of carbonyl (C=O) groups is 1. The van der Waals surface area contributed by atoms with Gasteiger partial charge in [0, 0.05) is 24.5 Å². The second kappa shape index (κ2) is 6.38. The Kier molecular flexibility index (Phi) is 4.32. The summed E-state index contributed by atoms with van der Waals surface area (Å²) in [5.41, 5.74) is 1.80. The third-order valence-corrected chi connectivity index (χ3v) is 2.40. The van der Waals surface area contributed by atoms with Gasteiger partial charge in [0.1, 0.15) is 6.61 Å². The van der Waals surface area contributed by atoms with Gasteiger partial charge in [-0.05, 0) is 12.1 Å². The molecule has 2 rings (SSSR count). The Balaban J connectivity index is 2.10. The number of aliphatic hydroxyl groups excluding tert-OH is 1. The normalized spacial score (nSPS) is 9.53. The lowest BCUT2D eigenvalue weighted by molar-refractivity contribution is 0.0950. The minimum absolute atomic E-state index is 0.245. The summed E-state index contributed by atoms with van der Waals surface area (Å²) in [5, 5.41) is 11.4. The molecule has 1 amide bonds. The van der Waals surface area contributed by atoms with Gasteiger partial charge in [0.05, 0.1) is 23.7 Å². The van der Waals surface area contributed by atoms with Gasteiger partial charge < -0.3 is 14.8 Å². The van der Waals surface area contributed by atoms with Gasteiger partial charge in [-0.1, -0.05) is 11.8 Å². The number of hydrogen-bond acceptors (Lipinski definition) is 4. The molecule has 2 aromatic rings. The van der Waals surface area contributed by atoms with E-state index in [1.807, 2.05) is 0 Å². The molecule has 0 atom stereocenters. The number of carbonyl (C=O) groups excluding carboxylic acids is 1. The van der Waals surface area contributed by atoms with E-state index in [9.17, 15) is 4.79 Å². The molecule has 19 heavy (non-hydrogen) atoms. The van der Waals surface area contributed by atoms with Gasteiger partial charge in [-0.25, -0.2) is 0 Å². The van der Waals surface area contributed by atoms with E-state index in [0.29, 0.717) is 17.7 Å². The van der Waals surface area contributed by atoms with E-state index in [1.54, 1.807) is 24.7 Å². The van der Waals surface area contributed by atoms with E-state index in [4.69, 9.17) is 9.52 Å². The second-order valence-corrected chi connectivity index (χ2v) is 3.70. The van der Waals surface area contributed by atoms with E-state index in [0.717, 1.165) is 5.56 Å². The van der Waals surface area contributed by atoms with E-state index in [-0.39, 0.29) is 12.5 Å². The number of aromatic nitrogens is 1. The van der Waals surface area contributed by atoms with Crippen molar-refractivity contribution in [2.45, 2.75) is 6.54 Å². The van der Waals surface area contributed by atoms with Gasteiger partial charge in [-0.3, -0.25) is 9.78 Å². The lowest BCUT2D eigenvalue weighted by Crippen LogP contribution is -2.23. The fraction of sp³-hybridized carbons (Fsp3) is 0.143. The van der Waals surface area contributed by atoms with Crippen LogP contribution in [0.3, 0.4) is 0 Å². The van der Waals surface area contributed by atoms with Crippen LogP contribution < -0.4 is 5.32 Å². The van der Waals surface area contributed by atoms with Crippen molar-refractivity contribution < 1.29 is 14.3 Å². The number of furan rings is 1. The van der Waals surface area contributed by atoms with Crippen LogP contribution in [0.4, 0.5) is 0 Å². The zero-order chi connectivity index (χ0) is 13.5. The van der Waals surface area contributed by atoms with Crippen LogP contribution in [0.25, 0.3) is 0 Å². The van der Waals surface area contributed by atoms with Gasteiger partial charge in [0.25, 0.3) is 5.91 Å². The van der Waals surface area contributed by atoms with Gasteiger partial charge in [-0.2, -0.15) is 0 Å². The molecular weight excluding hydrogens is 244 g/mol. The minimum Gasteiger partial charge on any atom is -0.472 e. The molecule has 2 aromatic heterocycles. The summed E-state index contributed by atoms with van der Waals surface area (Å²) in [6, 6.07) is 3.37. The number of rotatable bonds is 3. The third-order valence-electron chi connectivity index (χ3n) is 2.40. The Morgan fingerprint density at radius 2 is 2.37 bits per heavy atom. The molecule has 0 aromatic carbocycles.